The second-order valence-electron chi connectivity index (χ2n) is 14.2. The number of allylic oxidation sites excluding steroid dienone is 7. The van der Waals surface area contributed by atoms with Crippen molar-refractivity contribution in [3.63, 3.8) is 0 Å². The molecule has 4 aliphatic carbocycles. The van der Waals surface area contributed by atoms with Gasteiger partial charge in [-0.15, -0.1) is 0 Å². The zero-order chi connectivity index (χ0) is 31.1. The van der Waals surface area contributed by atoms with Crippen LogP contribution in [-0.4, -0.2) is 23.9 Å². The van der Waals surface area contributed by atoms with Gasteiger partial charge in [0.2, 0.25) is 0 Å². The highest BCUT2D eigenvalue weighted by Gasteiger charge is 2.44. The smallest absolute Gasteiger partial charge is 0.0963 e. The van der Waals surface area contributed by atoms with Gasteiger partial charge in [0.25, 0.3) is 0 Å². The third-order valence-electron chi connectivity index (χ3n) is 11.3. The van der Waals surface area contributed by atoms with E-state index in [1.165, 1.54) is 67.3 Å². The van der Waals surface area contributed by atoms with Gasteiger partial charge < -0.3 is 10.6 Å². The van der Waals surface area contributed by atoms with Crippen molar-refractivity contribution >= 4 is 0 Å². The van der Waals surface area contributed by atoms with Crippen molar-refractivity contribution in [3.8, 4) is 11.1 Å². The molecule has 0 spiro atoms. The minimum Gasteiger partial charge on any atom is -0.373 e. The van der Waals surface area contributed by atoms with Crippen molar-refractivity contribution in [2.45, 2.75) is 96.7 Å². The fraction of sp³-hybridized carbons (Fsp3) is 0.500. The van der Waals surface area contributed by atoms with Crippen molar-refractivity contribution in [3.05, 3.63) is 108 Å². The molecular formula is C40H55N5. The number of hydrazine groups is 2. The average Bonchev–Trinajstić information content (AvgIpc) is 3.09. The molecule has 1 saturated carbocycles. The Morgan fingerprint density at radius 3 is 2.60 bits per heavy atom. The molecular weight excluding hydrogens is 550 g/mol. The first-order chi connectivity index (χ1) is 22.0. The molecule has 0 saturated heterocycles. The number of nitrogens with one attached hydrogen (secondary N) is 3. The van der Waals surface area contributed by atoms with E-state index in [0.29, 0.717) is 37.1 Å². The molecule has 2 aromatic rings. The third kappa shape index (κ3) is 7.89. The summed E-state index contributed by atoms with van der Waals surface area (Å²) in [5.41, 5.74) is 10.2. The summed E-state index contributed by atoms with van der Waals surface area (Å²) in [4.78, 5) is 0. The molecule has 5 nitrogen and oxygen atoms in total. The molecule has 6 atom stereocenters. The van der Waals surface area contributed by atoms with Crippen LogP contribution >= 0.6 is 0 Å². The largest absolute Gasteiger partial charge is 0.373 e. The number of nitrogens with two attached hydrogens (primary N) is 1. The van der Waals surface area contributed by atoms with Gasteiger partial charge in [0.05, 0.1) is 6.67 Å². The van der Waals surface area contributed by atoms with Gasteiger partial charge in [-0.1, -0.05) is 112 Å². The lowest BCUT2D eigenvalue weighted by Gasteiger charge is -2.49. The van der Waals surface area contributed by atoms with E-state index in [4.69, 9.17) is 5.84 Å². The predicted molar refractivity (Wildman–Crippen MR) is 188 cm³/mol. The van der Waals surface area contributed by atoms with Gasteiger partial charge in [0.1, 0.15) is 0 Å². The van der Waals surface area contributed by atoms with Gasteiger partial charge in [-0.2, -0.15) is 5.12 Å². The topological polar surface area (TPSA) is 65.3 Å². The number of hydrogen-bond donors (Lipinski definition) is 4. The molecule has 6 unspecified atom stereocenters. The molecule has 0 amide bonds. The molecule has 45 heavy (non-hydrogen) atoms. The standard InChI is InChI=1S/C40H55N5/c1-30-14-9-10-21-37(30)44-39-22-11-12-25-40(39,2)35-23-24-38(36(27-35)33-18-7-4-8-19-33)42-29-45(41)43-28-31-15-13-20-34(26-31)32-16-5-3-6-17-32/h3-8,12-13,15-18,20,25-26,30,33,35,37,39,42-44H,9-11,14,19,21-24,27-29,41H2,1-2H3. The Labute approximate surface area is 272 Å². The SMILES string of the molecule is CC1CCCCC1NC1CCC=CC1(C)C1CCC(NCN(N)NCc2cccc(-c3ccccc3)c2)=C(C2C=CC=CC2)C1. The van der Waals surface area contributed by atoms with Crippen LogP contribution in [0.3, 0.4) is 0 Å². The van der Waals surface area contributed by atoms with E-state index in [-0.39, 0.29) is 5.41 Å². The van der Waals surface area contributed by atoms with E-state index in [1.54, 1.807) is 10.7 Å². The molecule has 0 heterocycles. The maximum atomic E-state index is 6.49. The monoisotopic (exact) mass is 605 g/mol. The van der Waals surface area contributed by atoms with Crippen LogP contribution in [0.15, 0.2) is 102 Å². The minimum atomic E-state index is 0.177. The number of nitrogens with zero attached hydrogens (tertiary/aromatic N) is 1. The molecule has 240 valence electrons. The first-order valence-corrected chi connectivity index (χ1v) is 17.6. The normalized spacial score (nSPS) is 30.2. The Kier molecular flexibility index (Phi) is 10.7. The van der Waals surface area contributed by atoms with E-state index >= 15 is 0 Å². The van der Waals surface area contributed by atoms with Crippen LogP contribution in [0, 0.1) is 23.2 Å². The number of hydrogen-bond acceptors (Lipinski definition) is 5. The van der Waals surface area contributed by atoms with Crippen LogP contribution < -0.4 is 21.9 Å². The Morgan fingerprint density at radius 1 is 0.933 bits per heavy atom. The highest BCUT2D eigenvalue weighted by atomic mass is 15.7. The number of benzene rings is 2. The van der Waals surface area contributed by atoms with Crippen LogP contribution in [0.4, 0.5) is 0 Å². The first kappa shape index (κ1) is 32.0. The van der Waals surface area contributed by atoms with Gasteiger partial charge in [-0.3, -0.25) is 5.84 Å². The van der Waals surface area contributed by atoms with Crippen LogP contribution in [0.2, 0.25) is 0 Å². The van der Waals surface area contributed by atoms with Gasteiger partial charge in [-0.05, 0) is 91.5 Å². The Morgan fingerprint density at radius 2 is 1.78 bits per heavy atom. The Bertz CT molecular complexity index is 1380. The minimum absolute atomic E-state index is 0.177. The van der Waals surface area contributed by atoms with Crippen LogP contribution in [0.25, 0.3) is 11.1 Å². The molecule has 2 aromatic carbocycles. The molecule has 6 rings (SSSR count). The summed E-state index contributed by atoms with van der Waals surface area (Å²) in [5.74, 6) is 8.37. The lowest BCUT2D eigenvalue weighted by molar-refractivity contribution is 0.115. The predicted octanol–water partition coefficient (Wildman–Crippen LogP) is 8.16. The van der Waals surface area contributed by atoms with Crippen LogP contribution in [0.1, 0.15) is 83.6 Å². The molecule has 0 radical (unpaired) electrons. The van der Waals surface area contributed by atoms with Crippen LogP contribution in [0.5, 0.6) is 0 Å². The molecule has 0 bridgehead atoms. The summed E-state index contributed by atoms with van der Waals surface area (Å²) in [7, 11) is 0. The summed E-state index contributed by atoms with van der Waals surface area (Å²) in [6.07, 6.45) is 26.7. The molecule has 0 aliphatic heterocycles. The van der Waals surface area contributed by atoms with Crippen molar-refractivity contribution in [2.24, 2.45) is 29.0 Å². The van der Waals surface area contributed by atoms with E-state index < -0.39 is 0 Å². The lowest BCUT2D eigenvalue weighted by atomic mass is 9.61. The number of rotatable bonds is 11. The van der Waals surface area contributed by atoms with Gasteiger partial charge >= 0.3 is 0 Å². The molecule has 4 aliphatic rings. The summed E-state index contributed by atoms with van der Waals surface area (Å²) in [6, 6.07) is 20.4. The fourth-order valence-corrected chi connectivity index (χ4v) is 8.37. The van der Waals surface area contributed by atoms with Crippen LogP contribution in [-0.2, 0) is 6.54 Å². The molecule has 0 aromatic heterocycles. The summed E-state index contributed by atoms with van der Waals surface area (Å²) < 4.78 is 0. The Hall–Kier alpha value is -2.96. The fourth-order valence-electron chi connectivity index (χ4n) is 8.37. The highest BCUT2D eigenvalue weighted by Crippen LogP contribution is 2.48. The average molecular weight is 606 g/mol. The highest BCUT2D eigenvalue weighted by molar-refractivity contribution is 5.63. The van der Waals surface area contributed by atoms with Gasteiger partial charge in [0, 0.05) is 35.7 Å². The Balaban J connectivity index is 1.11. The molecule has 1 fully saturated rings. The maximum Gasteiger partial charge on any atom is 0.0963 e. The van der Waals surface area contributed by atoms with Crippen molar-refractivity contribution in [2.75, 3.05) is 6.67 Å². The van der Waals surface area contributed by atoms with E-state index in [9.17, 15) is 0 Å². The lowest BCUT2D eigenvalue weighted by Crippen LogP contribution is -2.54. The van der Waals surface area contributed by atoms with E-state index in [0.717, 1.165) is 25.2 Å². The van der Waals surface area contributed by atoms with Gasteiger partial charge in [-0.25, -0.2) is 5.43 Å². The first-order valence-electron chi connectivity index (χ1n) is 17.6. The maximum absolute atomic E-state index is 6.49. The third-order valence-corrected chi connectivity index (χ3v) is 11.3. The molecule has 5 heteroatoms. The second-order valence-corrected chi connectivity index (χ2v) is 14.2. The summed E-state index contributed by atoms with van der Waals surface area (Å²) in [6.45, 7) is 6.27. The quantitative estimate of drug-likeness (QED) is 0.0901. The zero-order valence-electron chi connectivity index (χ0n) is 27.6. The van der Waals surface area contributed by atoms with E-state index in [2.05, 4.69) is 121 Å². The van der Waals surface area contributed by atoms with Gasteiger partial charge in [0.15, 0.2) is 0 Å². The van der Waals surface area contributed by atoms with Crippen molar-refractivity contribution in [1.29, 1.82) is 0 Å². The second kappa shape index (κ2) is 15.1. The molecule has 5 N–H and O–H groups in total. The summed E-state index contributed by atoms with van der Waals surface area (Å²) in [5, 5.41) is 9.74. The zero-order valence-corrected chi connectivity index (χ0v) is 27.6. The van der Waals surface area contributed by atoms with Crippen molar-refractivity contribution in [1.82, 2.24) is 21.2 Å². The van der Waals surface area contributed by atoms with Crippen molar-refractivity contribution < 1.29 is 0 Å². The van der Waals surface area contributed by atoms with E-state index in [1.807, 2.05) is 0 Å². The summed E-state index contributed by atoms with van der Waals surface area (Å²) >= 11 is 0.